The number of nitrogens with zero attached hydrogens (tertiary/aromatic N) is 2. The normalized spacial score (nSPS) is 22.8. The first-order valence-corrected chi connectivity index (χ1v) is 9.46. The molecular formula is C20H29N3O4. The molecule has 0 saturated carbocycles. The number of hydrogen-bond donors (Lipinski definition) is 2. The number of piperazine rings is 1. The molecule has 1 unspecified atom stereocenters. The Morgan fingerprint density at radius 2 is 1.70 bits per heavy atom. The van der Waals surface area contributed by atoms with E-state index in [2.05, 4.69) is 5.43 Å². The minimum atomic E-state index is -0.967. The second-order valence-corrected chi connectivity index (χ2v) is 7.80. The second kappa shape index (κ2) is 7.03. The third-order valence-electron chi connectivity index (χ3n) is 5.98. The predicted molar refractivity (Wildman–Crippen MR) is 102 cm³/mol. The van der Waals surface area contributed by atoms with Crippen molar-refractivity contribution in [3.8, 4) is 11.5 Å². The van der Waals surface area contributed by atoms with Gasteiger partial charge in [0.05, 0.1) is 0 Å². The molecule has 1 atom stereocenters. The number of carbonyl (C=O) groups is 2. The standard InChI is InChI=1S/C20H29N3O4/c1-12-13(2)18-16(14(3)17(12)25)6-7-20(5,27-18)19(26)21-23-10-8-22(9-11-23)15(4)24/h25H,6-11H2,1-5H3,(H,21,26). The topological polar surface area (TPSA) is 82.1 Å². The molecule has 0 aliphatic carbocycles. The maximum atomic E-state index is 13.0. The van der Waals surface area contributed by atoms with Crippen LogP contribution in [0.3, 0.4) is 0 Å². The molecule has 27 heavy (non-hydrogen) atoms. The molecule has 0 radical (unpaired) electrons. The van der Waals surface area contributed by atoms with E-state index < -0.39 is 5.60 Å². The van der Waals surface area contributed by atoms with Crippen molar-refractivity contribution in [1.29, 1.82) is 0 Å². The van der Waals surface area contributed by atoms with E-state index in [4.69, 9.17) is 4.74 Å². The predicted octanol–water partition coefficient (Wildman–Crippen LogP) is 1.60. The summed E-state index contributed by atoms with van der Waals surface area (Å²) >= 11 is 0. The lowest BCUT2D eigenvalue weighted by molar-refractivity contribution is -0.144. The molecule has 1 aromatic carbocycles. The summed E-state index contributed by atoms with van der Waals surface area (Å²) in [6.07, 6.45) is 1.22. The molecule has 1 saturated heterocycles. The fourth-order valence-electron chi connectivity index (χ4n) is 3.80. The van der Waals surface area contributed by atoms with Crippen molar-refractivity contribution in [2.75, 3.05) is 26.2 Å². The molecule has 2 heterocycles. The lowest BCUT2D eigenvalue weighted by atomic mass is 9.87. The summed E-state index contributed by atoms with van der Waals surface area (Å²) in [6.45, 7) is 11.5. The zero-order valence-electron chi connectivity index (χ0n) is 16.8. The Labute approximate surface area is 160 Å². The molecule has 7 heteroatoms. The summed E-state index contributed by atoms with van der Waals surface area (Å²) in [6, 6.07) is 0. The second-order valence-electron chi connectivity index (χ2n) is 7.80. The highest BCUT2D eigenvalue weighted by Crippen LogP contribution is 2.43. The number of fused-ring (bicyclic) bond motifs is 1. The number of ether oxygens (including phenoxy) is 1. The number of aromatic hydroxyl groups is 1. The lowest BCUT2D eigenvalue weighted by Crippen LogP contribution is -2.60. The van der Waals surface area contributed by atoms with Crippen LogP contribution in [-0.2, 0) is 16.0 Å². The van der Waals surface area contributed by atoms with Gasteiger partial charge in [0.25, 0.3) is 5.91 Å². The Morgan fingerprint density at radius 3 is 2.30 bits per heavy atom. The van der Waals surface area contributed by atoms with Crippen LogP contribution in [0.4, 0.5) is 0 Å². The van der Waals surface area contributed by atoms with Crippen molar-refractivity contribution in [2.45, 2.75) is 53.1 Å². The van der Waals surface area contributed by atoms with E-state index in [0.29, 0.717) is 50.5 Å². The van der Waals surface area contributed by atoms with Gasteiger partial charge in [0, 0.05) is 45.1 Å². The van der Waals surface area contributed by atoms with Crippen molar-refractivity contribution in [3.63, 3.8) is 0 Å². The maximum absolute atomic E-state index is 13.0. The van der Waals surface area contributed by atoms with Gasteiger partial charge in [0.2, 0.25) is 5.91 Å². The van der Waals surface area contributed by atoms with E-state index in [1.807, 2.05) is 32.7 Å². The molecule has 3 rings (SSSR count). The quantitative estimate of drug-likeness (QED) is 0.820. The van der Waals surface area contributed by atoms with Crippen molar-refractivity contribution in [1.82, 2.24) is 15.3 Å². The summed E-state index contributed by atoms with van der Waals surface area (Å²) in [5, 5.41) is 12.1. The molecule has 148 valence electrons. The van der Waals surface area contributed by atoms with Crippen molar-refractivity contribution in [2.24, 2.45) is 0 Å². The van der Waals surface area contributed by atoms with Crippen LogP contribution in [0.2, 0.25) is 0 Å². The van der Waals surface area contributed by atoms with E-state index in [0.717, 1.165) is 22.3 Å². The highest BCUT2D eigenvalue weighted by atomic mass is 16.5. The number of amides is 2. The molecule has 1 aromatic rings. The van der Waals surface area contributed by atoms with Gasteiger partial charge >= 0.3 is 0 Å². The van der Waals surface area contributed by atoms with E-state index in [9.17, 15) is 14.7 Å². The van der Waals surface area contributed by atoms with Gasteiger partial charge in [-0.3, -0.25) is 15.0 Å². The van der Waals surface area contributed by atoms with Crippen LogP contribution >= 0.6 is 0 Å². The van der Waals surface area contributed by atoms with Gasteiger partial charge in [0.1, 0.15) is 11.5 Å². The average molecular weight is 375 g/mol. The molecule has 2 N–H and O–H groups in total. The van der Waals surface area contributed by atoms with Crippen LogP contribution in [-0.4, -0.2) is 58.6 Å². The highest BCUT2D eigenvalue weighted by molar-refractivity contribution is 5.85. The van der Waals surface area contributed by atoms with E-state index in [1.54, 1.807) is 11.8 Å². The summed E-state index contributed by atoms with van der Waals surface area (Å²) in [4.78, 5) is 26.2. The van der Waals surface area contributed by atoms with Gasteiger partial charge < -0.3 is 14.7 Å². The largest absolute Gasteiger partial charge is 0.507 e. The molecule has 2 aliphatic heterocycles. The number of phenolic OH excluding ortho intramolecular Hbond substituents is 1. The summed E-state index contributed by atoms with van der Waals surface area (Å²) in [5.74, 6) is 0.913. The molecule has 1 fully saturated rings. The SMILES string of the molecule is CC(=O)N1CCN(NC(=O)C2(C)CCc3c(C)c(O)c(C)c(C)c3O2)CC1. The van der Waals surface area contributed by atoms with Crippen LogP contribution in [0.1, 0.15) is 42.5 Å². The van der Waals surface area contributed by atoms with Gasteiger partial charge in [-0.15, -0.1) is 0 Å². The Hall–Kier alpha value is -2.28. The first-order valence-electron chi connectivity index (χ1n) is 9.46. The van der Waals surface area contributed by atoms with Crippen LogP contribution < -0.4 is 10.2 Å². The fraction of sp³-hybridized carbons (Fsp3) is 0.600. The molecular weight excluding hydrogens is 346 g/mol. The number of benzene rings is 1. The molecule has 0 bridgehead atoms. The van der Waals surface area contributed by atoms with E-state index >= 15 is 0 Å². The smallest absolute Gasteiger partial charge is 0.278 e. The van der Waals surface area contributed by atoms with Gasteiger partial charge in [-0.05, 0) is 50.8 Å². The Balaban J connectivity index is 1.73. The average Bonchev–Trinajstić information content (AvgIpc) is 2.65. The number of phenols is 1. The van der Waals surface area contributed by atoms with E-state index in [-0.39, 0.29) is 11.8 Å². The van der Waals surface area contributed by atoms with Crippen LogP contribution in [0, 0.1) is 20.8 Å². The van der Waals surface area contributed by atoms with Gasteiger partial charge in [-0.1, -0.05) is 0 Å². The molecule has 2 aliphatic rings. The molecule has 7 nitrogen and oxygen atoms in total. The number of carbonyl (C=O) groups excluding carboxylic acids is 2. The fourth-order valence-corrected chi connectivity index (χ4v) is 3.80. The minimum Gasteiger partial charge on any atom is -0.507 e. The van der Waals surface area contributed by atoms with Crippen molar-refractivity contribution in [3.05, 3.63) is 22.3 Å². The monoisotopic (exact) mass is 375 g/mol. The molecule has 2 amide bonds. The van der Waals surface area contributed by atoms with Crippen molar-refractivity contribution >= 4 is 11.8 Å². The first kappa shape index (κ1) is 19.5. The van der Waals surface area contributed by atoms with E-state index in [1.165, 1.54) is 0 Å². The Kier molecular flexibility index (Phi) is 5.08. The third-order valence-corrected chi connectivity index (χ3v) is 5.98. The van der Waals surface area contributed by atoms with Crippen LogP contribution in [0.5, 0.6) is 11.5 Å². The third kappa shape index (κ3) is 3.48. The number of hydrazine groups is 1. The first-order chi connectivity index (χ1) is 12.6. The van der Waals surface area contributed by atoms with Gasteiger partial charge in [-0.2, -0.15) is 0 Å². The van der Waals surface area contributed by atoms with Crippen molar-refractivity contribution < 1.29 is 19.4 Å². The summed E-state index contributed by atoms with van der Waals surface area (Å²) in [5.41, 5.74) is 5.47. The number of rotatable bonds is 2. The Morgan fingerprint density at radius 1 is 1.07 bits per heavy atom. The van der Waals surface area contributed by atoms with Crippen LogP contribution in [0.25, 0.3) is 0 Å². The maximum Gasteiger partial charge on any atom is 0.278 e. The Bertz CT molecular complexity index is 784. The number of nitrogens with one attached hydrogen (secondary N) is 1. The minimum absolute atomic E-state index is 0.0598. The summed E-state index contributed by atoms with van der Waals surface area (Å²) < 4.78 is 6.22. The highest BCUT2D eigenvalue weighted by Gasteiger charge is 2.41. The van der Waals surface area contributed by atoms with Gasteiger partial charge in [-0.25, -0.2) is 5.01 Å². The zero-order chi connectivity index (χ0) is 19.9. The van der Waals surface area contributed by atoms with Gasteiger partial charge in [0.15, 0.2) is 5.60 Å². The number of hydrogen-bond acceptors (Lipinski definition) is 5. The summed E-state index contributed by atoms with van der Waals surface area (Å²) in [7, 11) is 0. The van der Waals surface area contributed by atoms with Crippen LogP contribution in [0.15, 0.2) is 0 Å². The zero-order valence-corrected chi connectivity index (χ0v) is 16.8. The molecule has 0 aromatic heterocycles. The lowest BCUT2D eigenvalue weighted by Gasteiger charge is -2.39. The molecule has 0 spiro atoms.